The summed E-state index contributed by atoms with van der Waals surface area (Å²) >= 11 is 0. The number of nitrogens with one attached hydrogen (secondary N) is 1. The lowest BCUT2D eigenvalue weighted by Crippen LogP contribution is -2.28. The van der Waals surface area contributed by atoms with Crippen LogP contribution in [0.1, 0.15) is 32.6 Å². The molecule has 0 atom stereocenters. The highest BCUT2D eigenvalue weighted by Crippen LogP contribution is 2.24. The van der Waals surface area contributed by atoms with Crippen LogP contribution >= 0.6 is 0 Å². The van der Waals surface area contributed by atoms with Crippen molar-refractivity contribution < 1.29 is 8.42 Å². The molecule has 102 valence electrons. The Balaban J connectivity index is 2.06. The molecule has 3 N–H and O–H groups in total. The number of anilines is 1. The topological polar surface area (TPSA) is 90.0 Å². The van der Waals surface area contributed by atoms with E-state index in [1.165, 1.54) is 23.7 Å². The van der Waals surface area contributed by atoms with E-state index >= 15 is 0 Å². The molecule has 2 rings (SSSR count). The molecule has 1 aliphatic carbocycles. The van der Waals surface area contributed by atoms with Crippen LogP contribution in [0.15, 0.2) is 11.1 Å². The van der Waals surface area contributed by atoms with Crippen LogP contribution in [0.2, 0.25) is 0 Å². The maximum Gasteiger partial charge on any atom is 0.245 e. The molecule has 0 amide bonds. The number of nitrogen functional groups attached to an aromatic ring is 1. The third-order valence-electron chi connectivity index (χ3n) is 3.41. The van der Waals surface area contributed by atoms with Gasteiger partial charge in [0.1, 0.15) is 4.90 Å². The Morgan fingerprint density at radius 2 is 2.17 bits per heavy atom. The fourth-order valence-electron chi connectivity index (χ4n) is 2.31. The molecule has 1 aromatic rings. The number of nitrogens with two attached hydrogens (primary N) is 1. The summed E-state index contributed by atoms with van der Waals surface area (Å²) in [6.45, 7) is 2.98. The van der Waals surface area contributed by atoms with Crippen LogP contribution in [0, 0.1) is 5.92 Å². The van der Waals surface area contributed by atoms with E-state index < -0.39 is 10.0 Å². The van der Waals surface area contributed by atoms with E-state index in [4.69, 9.17) is 5.73 Å². The Bertz CT molecular complexity index is 503. The molecule has 18 heavy (non-hydrogen) atoms. The molecule has 1 aliphatic rings. The largest absolute Gasteiger partial charge is 0.381 e. The van der Waals surface area contributed by atoms with Crippen LogP contribution in [0.25, 0.3) is 0 Å². The zero-order valence-corrected chi connectivity index (χ0v) is 11.4. The summed E-state index contributed by atoms with van der Waals surface area (Å²) in [5.74, 6) is 0.526. The predicted molar refractivity (Wildman–Crippen MR) is 69.5 cm³/mol. The second-order valence-corrected chi connectivity index (χ2v) is 6.47. The third kappa shape index (κ3) is 2.84. The van der Waals surface area contributed by atoms with E-state index in [0.29, 0.717) is 19.0 Å². The number of hydrogen-bond acceptors (Lipinski definition) is 4. The molecule has 0 spiro atoms. The summed E-state index contributed by atoms with van der Waals surface area (Å²) in [5, 5.41) is 3.95. The van der Waals surface area contributed by atoms with Gasteiger partial charge >= 0.3 is 0 Å². The normalized spacial score (nSPS) is 17.4. The molecule has 0 bridgehead atoms. The molecule has 0 saturated heterocycles. The Kier molecular flexibility index (Phi) is 3.91. The first-order valence-corrected chi connectivity index (χ1v) is 7.84. The Hall–Kier alpha value is -1.08. The minimum absolute atomic E-state index is 0.0655. The standard InChI is InChI=1S/C11H20N4O2S/c1-2-15-8-10(11(12)14-15)18(16,17)13-7-9-5-3-4-6-9/h8-9,13H,2-7H2,1H3,(H2,12,14). The van der Waals surface area contributed by atoms with Crippen LogP contribution in [-0.2, 0) is 16.6 Å². The van der Waals surface area contributed by atoms with Gasteiger partial charge in [-0.15, -0.1) is 0 Å². The average Bonchev–Trinajstić information content (AvgIpc) is 2.95. The van der Waals surface area contributed by atoms with E-state index in [0.717, 1.165) is 12.8 Å². The minimum atomic E-state index is -3.53. The van der Waals surface area contributed by atoms with E-state index in [-0.39, 0.29) is 10.7 Å². The summed E-state index contributed by atoms with van der Waals surface area (Å²) < 4.78 is 28.4. The number of rotatable bonds is 5. The zero-order valence-electron chi connectivity index (χ0n) is 10.6. The van der Waals surface area contributed by atoms with Gasteiger partial charge in [0.2, 0.25) is 10.0 Å². The van der Waals surface area contributed by atoms with Gasteiger partial charge in [-0.2, -0.15) is 5.10 Å². The smallest absolute Gasteiger partial charge is 0.245 e. The molecular weight excluding hydrogens is 252 g/mol. The maximum atomic E-state index is 12.1. The van der Waals surface area contributed by atoms with Crippen LogP contribution < -0.4 is 10.5 Å². The van der Waals surface area contributed by atoms with Gasteiger partial charge in [0, 0.05) is 19.3 Å². The van der Waals surface area contributed by atoms with Gasteiger partial charge in [0.15, 0.2) is 5.82 Å². The lowest BCUT2D eigenvalue weighted by molar-refractivity contribution is 0.519. The van der Waals surface area contributed by atoms with Crippen molar-refractivity contribution in [3.8, 4) is 0 Å². The van der Waals surface area contributed by atoms with Gasteiger partial charge in [-0.1, -0.05) is 12.8 Å². The van der Waals surface area contributed by atoms with Gasteiger partial charge in [0.05, 0.1) is 0 Å². The summed E-state index contributed by atoms with van der Waals surface area (Å²) in [4.78, 5) is 0.0855. The molecule has 1 fully saturated rings. The second-order valence-electron chi connectivity index (χ2n) is 4.74. The van der Waals surface area contributed by atoms with Crippen molar-refractivity contribution >= 4 is 15.8 Å². The molecule has 6 nitrogen and oxygen atoms in total. The van der Waals surface area contributed by atoms with Gasteiger partial charge in [-0.3, -0.25) is 4.68 Å². The van der Waals surface area contributed by atoms with E-state index in [9.17, 15) is 8.42 Å². The minimum Gasteiger partial charge on any atom is -0.381 e. The number of aryl methyl sites for hydroxylation is 1. The molecule has 1 heterocycles. The SMILES string of the molecule is CCn1cc(S(=O)(=O)NCC2CCCC2)c(N)n1. The molecular formula is C11H20N4O2S. The Morgan fingerprint density at radius 3 is 2.72 bits per heavy atom. The van der Waals surface area contributed by atoms with Gasteiger partial charge in [-0.05, 0) is 25.7 Å². The maximum absolute atomic E-state index is 12.1. The molecule has 0 aliphatic heterocycles. The van der Waals surface area contributed by atoms with Gasteiger partial charge in [0.25, 0.3) is 0 Å². The lowest BCUT2D eigenvalue weighted by atomic mass is 10.1. The summed E-state index contributed by atoms with van der Waals surface area (Å²) in [5.41, 5.74) is 5.64. The van der Waals surface area contributed by atoms with Crippen LogP contribution in [0.5, 0.6) is 0 Å². The lowest BCUT2D eigenvalue weighted by Gasteiger charge is -2.10. The molecule has 0 unspecified atom stereocenters. The highest BCUT2D eigenvalue weighted by molar-refractivity contribution is 7.89. The summed E-state index contributed by atoms with van der Waals surface area (Å²) in [7, 11) is -3.53. The molecule has 0 radical (unpaired) electrons. The molecule has 0 aromatic carbocycles. The zero-order chi connectivity index (χ0) is 13.2. The first-order valence-electron chi connectivity index (χ1n) is 6.35. The van der Waals surface area contributed by atoms with Crippen molar-refractivity contribution in [1.29, 1.82) is 0 Å². The number of sulfonamides is 1. The second kappa shape index (κ2) is 5.27. The van der Waals surface area contributed by atoms with E-state index in [1.54, 1.807) is 0 Å². The van der Waals surface area contributed by atoms with Crippen molar-refractivity contribution in [3.05, 3.63) is 6.20 Å². The predicted octanol–water partition coefficient (Wildman–Crippen LogP) is 0.954. The fraction of sp³-hybridized carbons (Fsp3) is 0.727. The van der Waals surface area contributed by atoms with Crippen molar-refractivity contribution in [2.24, 2.45) is 5.92 Å². The Labute approximate surface area is 108 Å². The van der Waals surface area contributed by atoms with Gasteiger partial charge < -0.3 is 5.73 Å². The molecule has 1 saturated carbocycles. The summed E-state index contributed by atoms with van der Waals surface area (Å²) in [6.07, 6.45) is 6.08. The Morgan fingerprint density at radius 1 is 1.50 bits per heavy atom. The molecule has 7 heteroatoms. The first-order chi connectivity index (χ1) is 8.53. The average molecular weight is 272 g/mol. The molecule has 1 aromatic heterocycles. The fourth-order valence-corrected chi connectivity index (χ4v) is 3.49. The number of nitrogens with zero attached hydrogens (tertiary/aromatic N) is 2. The third-order valence-corrected chi connectivity index (χ3v) is 4.85. The highest BCUT2D eigenvalue weighted by atomic mass is 32.2. The van der Waals surface area contributed by atoms with Crippen molar-refractivity contribution in [2.45, 2.75) is 44.0 Å². The van der Waals surface area contributed by atoms with Gasteiger partial charge in [-0.25, -0.2) is 13.1 Å². The monoisotopic (exact) mass is 272 g/mol. The van der Waals surface area contributed by atoms with E-state index in [2.05, 4.69) is 9.82 Å². The summed E-state index contributed by atoms with van der Waals surface area (Å²) in [6, 6.07) is 0. The van der Waals surface area contributed by atoms with Crippen LogP contribution in [0.4, 0.5) is 5.82 Å². The number of hydrogen-bond donors (Lipinski definition) is 2. The van der Waals surface area contributed by atoms with Crippen molar-refractivity contribution in [2.75, 3.05) is 12.3 Å². The highest BCUT2D eigenvalue weighted by Gasteiger charge is 2.23. The van der Waals surface area contributed by atoms with Crippen LogP contribution in [-0.4, -0.2) is 24.7 Å². The quantitative estimate of drug-likeness (QED) is 0.835. The number of aromatic nitrogens is 2. The first kappa shape index (κ1) is 13.4. The van der Waals surface area contributed by atoms with Crippen molar-refractivity contribution in [3.63, 3.8) is 0 Å². The van der Waals surface area contributed by atoms with E-state index in [1.807, 2.05) is 6.92 Å². The van der Waals surface area contributed by atoms with Crippen LogP contribution in [0.3, 0.4) is 0 Å². The van der Waals surface area contributed by atoms with Crippen molar-refractivity contribution in [1.82, 2.24) is 14.5 Å².